The summed E-state index contributed by atoms with van der Waals surface area (Å²) in [5, 5.41) is 1.00. The highest BCUT2D eigenvalue weighted by Gasteiger charge is 2.30. The fraction of sp³-hybridized carbons (Fsp3) is 0.333. The molecule has 0 amide bonds. The van der Waals surface area contributed by atoms with Crippen molar-refractivity contribution in [1.29, 1.82) is 0 Å². The largest absolute Gasteiger partial charge is 1.00 e. The highest BCUT2D eigenvalue weighted by molar-refractivity contribution is 7.11. The van der Waals surface area contributed by atoms with Crippen molar-refractivity contribution in [2.75, 3.05) is 0 Å². The molecular formula is C15H15BrF3NOS. The second-order valence-electron chi connectivity index (χ2n) is 4.85. The van der Waals surface area contributed by atoms with Crippen molar-refractivity contribution in [2.24, 2.45) is 0 Å². The van der Waals surface area contributed by atoms with E-state index < -0.39 is 11.7 Å². The third-order valence-corrected chi connectivity index (χ3v) is 4.55. The van der Waals surface area contributed by atoms with E-state index in [1.54, 1.807) is 11.3 Å². The lowest BCUT2D eigenvalue weighted by Gasteiger charge is -2.06. The summed E-state index contributed by atoms with van der Waals surface area (Å²) < 4.78 is 39.4. The number of Topliss-reactive ketones (excluding diaryl/α,β-unsaturated/α-hetero) is 1. The van der Waals surface area contributed by atoms with Gasteiger partial charge in [0.2, 0.25) is 17.3 Å². The van der Waals surface area contributed by atoms with Crippen molar-refractivity contribution >= 4 is 17.1 Å². The average molecular weight is 394 g/mol. The number of ketones is 1. The Morgan fingerprint density at radius 3 is 2.09 bits per heavy atom. The molecule has 1 aromatic heterocycles. The number of nitrogens with zero attached hydrogens (tertiary/aromatic N) is 1. The van der Waals surface area contributed by atoms with E-state index in [9.17, 15) is 18.0 Å². The fourth-order valence-electron chi connectivity index (χ4n) is 2.09. The lowest BCUT2D eigenvalue weighted by molar-refractivity contribution is -0.690. The summed E-state index contributed by atoms with van der Waals surface area (Å²) in [4.78, 5) is 13.3. The van der Waals surface area contributed by atoms with Gasteiger partial charge in [0.1, 0.15) is 0 Å². The van der Waals surface area contributed by atoms with Crippen LogP contribution in [0.2, 0.25) is 0 Å². The van der Waals surface area contributed by atoms with Crippen molar-refractivity contribution < 1.29 is 39.5 Å². The number of alkyl halides is 3. The van der Waals surface area contributed by atoms with E-state index in [0.717, 1.165) is 27.7 Å². The maximum Gasteiger partial charge on any atom is 0.416 e. The first kappa shape index (κ1) is 18.8. The minimum absolute atomic E-state index is 0. The molecule has 1 heterocycles. The summed E-state index contributed by atoms with van der Waals surface area (Å²) in [6, 6.07) is 4.35. The summed E-state index contributed by atoms with van der Waals surface area (Å²) in [5.41, 5.74) is 0.557. The van der Waals surface area contributed by atoms with Gasteiger partial charge >= 0.3 is 6.18 Å². The topological polar surface area (TPSA) is 20.9 Å². The number of aryl methyl sites for hydroxylation is 2. The predicted octanol–water partition coefficient (Wildman–Crippen LogP) is 0.867. The van der Waals surface area contributed by atoms with Crippen LogP contribution in [0.15, 0.2) is 24.3 Å². The number of carbonyl (C=O) groups excluding carboxylic acids is 1. The molecule has 0 saturated carbocycles. The van der Waals surface area contributed by atoms with Crippen molar-refractivity contribution in [3.05, 3.63) is 51.0 Å². The molecule has 2 rings (SSSR count). The molecule has 0 N–H and O–H groups in total. The summed E-state index contributed by atoms with van der Waals surface area (Å²) >= 11 is 1.60. The first-order valence-corrected chi connectivity index (χ1v) is 7.18. The molecular weight excluding hydrogens is 379 g/mol. The van der Waals surface area contributed by atoms with Gasteiger partial charge in [-0.25, -0.2) is 0 Å². The van der Waals surface area contributed by atoms with E-state index in [2.05, 4.69) is 0 Å². The molecule has 0 radical (unpaired) electrons. The number of rotatable bonds is 3. The molecule has 0 aliphatic carbocycles. The minimum atomic E-state index is -4.38. The monoisotopic (exact) mass is 393 g/mol. The van der Waals surface area contributed by atoms with Crippen molar-refractivity contribution in [1.82, 2.24) is 0 Å². The van der Waals surface area contributed by atoms with Crippen LogP contribution in [0.25, 0.3) is 0 Å². The molecule has 0 aliphatic heterocycles. The van der Waals surface area contributed by atoms with Gasteiger partial charge in [-0.1, -0.05) is 23.5 Å². The molecule has 0 unspecified atom stereocenters. The zero-order chi connectivity index (χ0) is 15.8. The van der Waals surface area contributed by atoms with Gasteiger partial charge < -0.3 is 17.0 Å². The van der Waals surface area contributed by atoms with Gasteiger partial charge in [-0.05, 0) is 19.1 Å². The molecule has 2 aromatic rings. The Balaban J connectivity index is 0.00000242. The second-order valence-corrected chi connectivity index (χ2v) is 6.25. The van der Waals surface area contributed by atoms with Crippen LogP contribution in [0, 0.1) is 20.8 Å². The maximum atomic E-state index is 12.5. The Labute approximate surface area is 141 Å². The molecule has 120 valence electrons. The summed E-state index contributed by atoms with van der Waals surface area (Å²) in [7, 11) is 0. The van der Waals surface area contributed by atoms with Crippen LogP contribution in [-0.2, 0) is 12.7 Å². The van der Waals surface area contributed by atoms with E-state index in [1.165, 1.54) is 12.1 Å². The van der Waals surface area contributed by atoms with Crippen LogP contribution >= 0.6 is 11.3 Å². The number of aromatic nitrogens is 1. The summed E-state index contributed by atoms with van der Waals surface area (Å²) in [5.74, 6) is -0.197. The first-order chi connectivity index (χ1) is 9.70. The van der Waals surface area contributed by atoms with Crippen LogP contribution in [0.5, 0.6) is 0 Å². The molecule has 0 spiro atoms. The van der Waals surface area contributed by atoms with Crippen molar-refractivity contribution in [3.8, 4) is 0 Å². The number of hydrogen-bond donors (Lipinski definition) is 0. The Bertz CT molecular complexity index is 677. The van der Waals surface area contributed by atoms with Gasteiger partial charge in [-0.2, -0.15) is 17.7 Å². The lowest BCUT2D eigenvalue weighted by Crippen LogP contribution is -3.00. The van der Waals surface area contributed by atoms with Crippen LogP contribution in [0.3, 0.4) is 0 Å². The smallest absolute Gasteiger partial charge is 0.416 e. The summed E-state index contributed by atoms with van der Waals surface area (Å²) in [6.45, 7) is 5.98. The van der Waals surface area contributed by atoms with Crippen molar-refractivity contribution in [3.63, 3.8) is 0 Å². The Kier molecular flexibility index (Phi) is 5.92. The number of carbonyl (C=O) groups is 1. The summed E-state index contributed by atoms with van der Waals surface area (Å²) in [6.07, 6.45) is -4.38. The molecule has 0 atom stereocenters. The van der Waals surface area contributed by atoms with Crippen LogP contribution in [0.1, 0.15) is 31.5 Å². The SMILES string of the molecule is Cc1sc(C)[n+](CC(=O)c2ccc(C(F)(F)F)cc2)c1C.[Br-]. The highest BCUT2D eigenvalue weighted by atomic mass is 79.9. The van der Waals surface area contributed by atoms with Crippen LogP contribution in [0.4, 0.5) is 13.2 Å². The average Bonchev–Trinajstić information content (AvgIpc) is 2.64. The Hall–Kier alpha value is -1.21. The normalized spacial score (nSPS) is 11.2. The van der Waals surface area contributed by atoms with E-state index in [-0.39, 0.29) is 34.9 Å². The predicted molar refractivity (Wildman–Crippen MR) is 74.5 cm³/mol. The number of thiazole rings is 1. The van der Waals surface area contributed by atoms with E-state index in [1.807, 2.05) is 25.3 Å². The van der Waals surface area contributed by atoms with Crippen LogP contribution < -0.4 is 21.5 Å². The quantitative estimate of drug-likeness (QED) is 0.559. The molecule has 0 aliphatic rings. The highest BCUT2D eigenvalue weighted by Crippen LogP contribution is 2.29. The molecule has 0 saturated heterocycles. The van der Waals surface area contributed by atoms with Gasteiger partial charge in [0.15, 0.2) is 5.69 Å². The molecule has 7 heteroatoms. The number of benzene rings is 1. The zero-order valence-corrected chi connectivity index (χ0v) is 14.7. The Morgan fingerprint density at radius 1 is 1.14 bits per heavy atom. The minimum Gasteiger partial charge on any atom is -1.00 e. The molecule has 22 heavy (non-hydrogen) atoms. The van der Waals surface area contributed by atoms with Gasteiger partial charge in [-0.15, -0.1) is 0 Å². The molecule has 0 bridgehead atoms. The Morgan fingerprint density at radius 2 is 1.68 bits per heavy atom. The van der Waals surface area contributed by atoms with Gasteiger partial charge in [0.25, 0.3) is 0 Å². The van der Waals surface area contributed by atoms with Gasteiger partial charge in [0, 0.05) is 19.4 Å². The van der Waals surface area contributed by atoms with Crippen LogP contribution in [-0.4, -0.2) is 5.78 Å². The fourth-order valence-corrected chi connectivity index (χ4v) is 3.10. The first-order valence-electron chi connectivity index (χ1n) is 6.37. The second kappa shape index (κ2) is 6.91. The van der Waals surface area contributed by atoms with Gasteiger partial charge in [0.05, 0.1) is 10.4 Å². The number of hydrogen-bond acceptors (Lipinski definition) is 2. The van der Waals surface area contributed by atoms with Gasteiger partial charge in [-0.3, -0.25) is 4.79 Å². The van der Waals surface area contributed by atoms with Crippen molar-refractivity contribution in [2.45, 2.75) is 33.5 Å². The van der Waals surface area contributed by atoms with E-state index >= 15 is 0 Å². The van der Waals surface area contributed by atoms with E-state index in [0.29, 0.717) is 0 Å². The zero-order valence-electron chi connectivity index (χ0n) is 12.3. The number of halogens is 4. The maximum absolute atomic E-state index is 12.5. The molecule has 1 aromatic carbocycles. The molecule has 0 fully saturated rings. The third-order valence-electron chi connectivity index (χ3n) is 3.43. The molecule has 2 nitrogen and oxygen atoms in total. The third kappa shape index (κ3) is 3.95. The lowest BCUT2D eigenvalue weighted by atomic mass is 10.1. The van der Waals surface area contributed by atoms with E-state index in [4.69, 9.17) is 0 Å². The standard InChI is InChI=1S/C15H15F3NOS.BrH/c1-9-10(2)21-11(3)19(9)8-14(20)12-4-6-13(7-5-12)15(16,17)18;/h4-7H,8H2,1-3H3;1H/q+1;/p-1.